The van der Waals surface area contributed by atoms with E-state index in [1.54, 1.807) is 0 Å². The number of aryl methyl sites for hydroxylation is 1. The van der Waals surface area contributed by atoms with Gasteiger partial charge < -0.3 is 5.11 Å². The van der Waals surface area contributed by atoms with Crippen molar-refractivity contribution in [3.8, 4) is 5.69 Å². The summed E-state index contributed by atoms with van der Waals surface area (Å²) in [6, 6.07) is 5.57. The Hall–Kier alpha value is -2.72. The summed E-state index contributed by atoms with van der Waals surface area (Å²) < 4.78 is 1.05. The van der Waals surface area contributed by atoms with Crippen molar-refractivity contribution in [2.24, 2.45) is 5.10 Å². The van der Waals surface area contributed by atoms with Crippen molar-refractivity contribution >= 4 is 98.3 Å². The number of allylic oxidation sites excluding steroid dienone is 2. The first-order chi connectivity index (χ1) is 17.8. The van der Waals surface area contributed by atoms with Gasteiger partial charge in [-0.05, 0) is 38.1 Å². The largest absolute Gasteiger partial charge is 0.506 e. The van der Waals surface area contributed by atoms with Crippen LogP contribution in [0.4, 0.5) is 5.69 Å². The highest BCUT2D eigenvalue weighted by atomic mass is 35.5. The molecule has 14 heteroatoms. The Morgan fingerprint density at radius 3 is 1.76 bits per heavy atom. The molecule has 0 saturated heterocycles. The van der Waals surface area contributed by atoms with Gasteiger partial charge >= 0.3 is 0 Å². The Balaban J connectivity index is 1.61. The first kappa shape index (κ1) is 26.9. The van der Waals surface area contributed by atoms with Crippen molar-refractivity contribution in [2.75, 3.05) is 5.01 Å². The summed E-state index contributed by atoms with van der Waals surface area (Å²) in [6.45, 7) is 3.01. The fourth-order valence-electron chi connectivity index (χ4n) is 4.30. The van der Waals surface area contributed by atoms with Gasteiger partial charge in [0.2, 0.25) is 5.78 Å². The van der Waals surface area contributed by atoms with Gasteiger partial charge in [-0.25, -0.2) is 4.68 Å². The number of nitrogens with one attached hydrogen (secondary N) is 1. The van der Waals surface area contributed by atoms with Gasteiger partial charge in [-0.15, -0.1) is 0 Å². The molecule has 8 nitrogen and oxygen atoms in total. The van der Waals surface area contributed by atoms with Crippen LogP contribution in [0.3, 0.4) is 0 Å². The number of benzene rings is 2. The smallest absolute Gasteiger partial charge is 0.281 e. The van der Waals surface area contributed by atoms with Crippen LogP contribution in [-0.2, 0) is 9.59 Å². The third kappa shape index (κ3) is 3.99. The number of Topliss-reactive ketones (excluding diaryl/α,β-unsaturated/α-hetero) is 1. The molecule has 1 aromatic heterocycles. The molecule has 0 fully saturated rings. The number of carbonyl (C=O) groups is 2. The highest BCUT2D eigenvalue weighted by molar-refractivity contribution is 6.47. The Labute approximate surface area is 244 Å². The molecule has 0 radical (unpaired) electrons. The van der Waals surface area contributed by atoms with E-state index in [2.05, 4.69) is 10.2 Å². The molecule has 2 aliphatic rings. The molecule has 0 spiro atoms. The molecular formula is C24H12Cl6N4O4. The number of ketones is 1. The molecule has 0 saturated carbocycles. The van der Waals surface area contributed by atoms with Crippen LogP contribution < -0.4 is 10.6 Å². The highest BCUT2D eigenvalue weighted by Crippen LogP contribution is 2.43. The number of hydrogen-bond acceptors (Lipinski definition) is 5. The molecule has 1 aliphatic heterocycles. The predicted octanol–water partition coefficient (Wildman–Crippen LogP) is 6.97. The van der Waals surface area contributed by atoms with Crippen molar-refractivity contribution in [3.05, 3.63) is 92.9 Å². The van der Waals surface area contributed by atoms with E-state index in [1.807, 2.05) is 0 Å². The Bertz CT molecular complexity index is 1740. The average Bonchev–Trinajstić information content (AvgIpc) is 3.23. The Kier molecular flexibility index (Phi) is 6.70. The monoisotopic (exact) mass is 630 g/mol. The molecule has 38 heavy (non-hydrogen) atoms. The summed E-state index contributed by atoms with van der Waals surface area (Å²) in [7, 11) is 0. The second-order valence-electron chi connectivity index (χ2n) is 8.29. The van der Waals surface area contributed by atoms with Crippen molar-refractivity contribution < 1.29 is 14.7 Å². The number of amides is 1. The van der Waals surface area contributed by atoms with Crippen molar-refractivity contribution in [1.82, 2.24) is 9.78 Å². The lowest BCUT2D eigenvalue weighted by atomic mass is 9.80. The van der Waals surface area contributed by atoms with E-state index >= 15 is 0 Å². The molecule has 3 aromatic rings. The topological polar surface area (TPSA) is 108 Å². The van der Waals surface area contributed by atoms with E-state index in [0.29, 0.717) is 0 Å². The standard InChI is InChI=1S/C24H12Cl6N4O4/c1-7-15(23(37)33(31-7)19-11(27)3-9(25)4-12(19)28)17-21(35)18(22(17)36)16-8(2)32-34(24(16)38)20-13(29)5-10(26)6-14(20)30/h3-6,31,35H,1-2H3/b18-16-. The summed E-state index contributed by atoms with van der Waals surface area (Å²) in [5, 5.41) is 19.7. The maximum absolute atomic E-state index is 13.3. The Morgan fingerprint density at radius 1 is 0.763 bits per heavy atom. The number of aliphatic hydroxyl groups is 1. The van der Waals surface area contributed by atoms with E-state index in [1.165, 1.54) is 38.1 Å². The fraction of sp³-hybridized carbons (Fsp3) is 0.0833. The third-order valence-electron chi connectivity index (χ3n) is 5.92. The number of H-pyrrole nitrogens is 1. The van der Waals surface area contributed by atoms with Gasteiger partial charge in [0.25, 0.3) is 11.5 Å². The van der Waals surface area contributed by atoms with Gasteiger partial charge in [-0.3, -0.25) is 19.5 Å². The molecule has 1 amide bonds. The van der Waals surface area contributed by atoms with E-state index in [9.17, 15) is 19.5 Å². The quantitative estimate of drug-likeness (QED) is 0.304. The zero-order valence-electron chi connectivity index (χ0n) is 19.1. The average molecular weight is 633 g/mol. The van der Waals surface area contributed by atoms with E-state index in [4.69, 9.17) is 69.6 Å². The number of aliphatic hydroxyl groups excluding tert-OH is 1. The second kappa shape index (κ2) is 9.48. The molecule has 0 bridgehead atoms. The lowest BCUT2D eigenvalue weighted by molar-refractivity contribution is -0.115. The first-order valence-electron chi connectivity index (χ1n) is 10.6. The van der Waals surface area contributed by atoms with Crippen LogP contribution in [0.2, 0.25) is 30.1 Å². The lowest BCUT2D eigenvalue weighted by Crippen LogP contribution is -2.31. The summed E-state index contributed by atoms with van der Waals surface area (Å²) in [5.41, 5.74) is -0.961. The molecule has 2 heterocycles. The molecule has 0 unspecified atom stereocenters. The zero-order chi connectivity index (χ0) is 27.8. The molecule has 2 N–H and O–H groups in total. The van der Waals surface area contributed by atoms with E-state index < -0.39 is 23.0 Å². The minimum atomic E-state index is -0.745. The highest BCUT2D eigenvalue weighted by Gasteiger charge is 2.45. The van der Waals surface area contributed by atoms with Crippen molar-refractivity contribution in [2.45, 2.75) is 13.8 Å². The SMILES string of the molecule is CC1=NN(c2c(Cl)cc(Cl)cc2Cl)C(=O)/C1=C1\C(=O)C(c2c(C)[nH]n(-c3c(Cl)cc(Cl)cc3Cl)c2=O)=C1O. The minimum absolute atomic E-state index is 0.0575. The number of carbonyl (C=O) groups excluding carboxylic acids is 2. The molecular weight excluding hydrogens is 621 g/mol. The summed E-state index contributed by atoms with van der Waals surface area (Å²) in [6.07, 6.45) is 0. The Morgan fingerprint density at radius 2 is 1.26 bits per heavy atom. The zero-order valence-corrected chi connectivity index (χ0v) is 23.6. The lowest BCUT2D eigenvalue weighted by Gasteiger charge is -2.22. The first-order valence-corrected chi connectivity index (χ1v) is 12.8. The number of anilines is 1. The van der Waals surface area contributed by atoms with Crippen LogP contribution >= 0.6 is 69.6 Å². The summed E-state index contributed by atoms with van der Waals surface area (Å²) in [4.78, 5) is 39.9. The minimum Gasteiger partial charge on any atom is -0.506 e. The van der Waals surface area contributed by atoms with Crippen LogP contribution in [0.25, 0.3) is 11.3 Å². The van der Waals surface area contributed by atoms with Crippen molar-refractivity contribution in [3.63, 3.8) is 0 Å². The number of aromatic amines is 1. The van der Waals surface area contributed by atoms with Gasteiger partial charge in [-0.2, -0.15) is 10.1 Å². The van der Waals surface area contributed by atoms with Crippen LogP contribution in [0.5, 0.6) is 0 Å². The fourth-order valence-corrected chi connectivity index (χ4v) is 6.26. The van der Waals surface area contributed by atoms with E-state index in [0.717, 1.165) is 9.69 Å². The number of nitrogens with zero attached hydrogens (tertiary/aromatic N) is 3. The molecule has 2 aromatic carbocycles. The van der Waals surface area contributed by atoms with Gasteiger partial charge in [0, 0.05) is 15.7 Å². The van der Waals surface area contributed by atoms with Gasteiger partial charge in [0.05, 0.1) is 48.1 Å². The predicted molar refractivity (Wildman–Crippen MR) is 150 cm³/mol. The normalized spacial score (nSPS) is 17.5. The van der Waals surface area contributed by atoms with Crippen LogP contribution in [0, 0.1) is 6.92 Å². The molecule has 5 rings (SSSR count). The maximum atomic E-state index is 13.3. The van der Waals surface area contributed by atoms with Gasteiger partial charge in [-0.1, -0.05) is 69.6 Å². The number of aromatic nitrogens is 2. The van der Waals surface area contributed by atoms with Gasteiger partial charge in [0.1, 0.15) is 17.1 Å². The van der Waals surface area contributed by atoms with Gasteiger partial charge in [0.15, 0.2) is 0 Å². The van der Waals surface area contributed by atoms with Crippen molar-refractivity contribution in [1.29, 1.82) is 0 Å². The van der Waals surface area contributed by atoms with Crippen LogP contribution in [0.1, 0.15) is 18.2 Å². The second-order valence-corrected chi connectivity index (χ2v) is 10.8. The van der Waals surface area contributed by atoms with Crippen LogP contribution in [-0.4, -0.2) is 32.3 Å². The van der Waals surface area contributed by atoms with E-state index in [-0.39, 0.29) is 75.2 Å². The molecule has 1 aliphatic carbocycles. The van der Waals surface area contributed by atoms with Crippen LogP contribution in [0.15, 0.2) is 51.1 Å². The summed E-state index contributed by atoms with van der Waals surface area (Å²) in [5.74, 6) is -2.01. The third-order valence-corrected chi connectivity index (χ3v) is 7.50. The molecule has 0 atom stereocenters. The molecule has 194 valence electrons. The number of halogens is 6. The summed E-state index contributed by atoms with van der Waals surface area (Å²) >= 11 is 36.9. The number of hydrazone groups is 1. The maximum Gasteiger partial charge on any atom is 0.281 e. The number of hydrogen-bond donors (Lipinski definition) is 2. The number of rotatable bonds is 3.